The zero-order valence-electron chi connectivity index (χ0n) is 28.1. The van der Waals surface area contributed by atoms with Crippen molar-refractivity contribution in [2.45, 2.75) is 58.5 Å². The second kappa shape index (κ2) is 15.8. The molecule has 0 spiro atoms. The van der Waals surface area contributed by atoms with Gasteiger partial charge < -0.3 is 15.0 Å². The number of nitrogens with zero attached hydrogens (tertiary/aromatic N) is 2. The maximum Gasteiger partial charge on any atom is 0.264 e. The summed E-state index contributed by atoms with van der Waals surface area (Å²) in [7, 11) is -2.78. The standard InChI is InChI=1S/C38H45N3O5S/c1-27(2)24-39-38(43)35(23-31-10-8-7-9-11-31)40(25-32-17-12-28(3)13-18-32)37(42)26-41(34-22-30(5)16-21-36(34)46-6)47(44,45)33-19-14-29(4)15-20-33/h7-22,27,35H,23-26H2,1-6H3,(H,39,43)/t35-/m0/s1. The van der Waals surface area contributed by atoms with Gasteiger partial charge in [-0.15, -0.1) is 0 Å². The first kappa shape index (κ1) is 35.2. The summed E-state index contributed by atoms with van der Waals surface area (Å²) in [5, 5.41) is 3.02. The fourth-order valence-electron chi connectivity index (χ4n) is 5.21. The molecule has 47 heavy (non-hydrogen) atoms. The SMILES string of the molecule is COc1ccc(C)cc1N(CC(=O)N(Cc1ccc(C)cc1)[C@@H](Cc1ccccc1)C(=O)NCC(C)C)S(=O)(=O)c1ccc(C)cc1. The first-order chi connectivity index (χ1) is 22.4. The number of ether oxygens (including phenoxy) is 1. The molecule has 9 heteroatoms. The van der Waals surface area contributed by atoms with Crippen LogP contribution in [-0.2, 0) is 32.6 Å². The van der Waals surface area contributed by atoms with Crippen molar-refractivity contribution in [3.63, 3.8) is 0 Å². The fourth-order valence-corrected chi connectivity index (χ4v) is 6.63. The summed E-state index contributed by atoms with van der Waals surface area (Å²) in [5.41, 5.74) is 4.69. The van der Waals surface area contributed by atoms with Gasteiger partial charge in [0.2, 0.25) is 11.8 Å². The van der Waals surface area contributed by atoms with Crippen LogP contribution in [0.2, 0.25) is 0 Å². The van der Waals surface area contributed by atoms with E-state index in [2.05, 4.69) is 5.32 Å². The molecule has 0 unspecified atom stereocenters. The number of hydrogen-bond acceptors (Lipinski definition) is 5. The van der Waals surface area contributed by atoms with Crippen molar-refractivity contribution in [1.29, 1.82) is 0 Å². The lowest BCUT2D eigenvalue weighted by molar-refractivity contribution is -0.140. The molecular weight excluding hydrogens is 611 g/mol. The highest BCUT2D eigenvalue weighted by molar-refractivity contribution is 7.92. The molecule has 4 rings (SSSR count). The minimum absolute atomic E-state index is 0.0417. The lowest BCUT2D eigenvalue weighted by atomic mass is 10.0. The number of anilines is 1. The molecule has 4 aromatic carbocycles. The Hall–Kier alpha value is -4.63. The monoisotopic (exact) mass is 655 g/mol. The van der Waals surface area contributed by atoms with Crippen molar-refractivity contribution in [3.05, 3.63) is 125 Å². The molecule has 0 aliphatic rings. The van der Waals surface area contributed by atoms with Crippen LogP contribution in [0.3, 0.4) is 0 Å². The first-order valence-corrected chi connectivity index (χ1v) is 17.2. The van der Waals surface area contributed by atoms with Gasteiger partial charge in [0.15, 0.2) is 0 Å². The van der Waals surface area contributed by atoms with Gasteiger partial charge in [-0.05, 0) is 67.6 Å². The van der Waals surface area contributed by atoms with Crippen molar-refractivity contribution >= 4 is 27.5 Å². The predicted octanol–water partition coefficient (Wildman–Crippen LogP) is 6.23. The normalized spacial score (nSPS) is 12.0. The molecule has 2 amide bonds. The van der Waals surface area contributed by atoms with Crippen molar-refractivity contribution in [3.8, 4) is 5.75 Å². The van der Waals surface area contributed by atoms with Gasteiger partial charge in [0, 0.05) is 19.5 Å². The lowest BCUT2D eigenvalue weighted by Gasteiger charge is -2.34. The third kappa shape index (κ3) is 9.23. The van der Waals surface area contributed by atoms with Crippen LogP contribution in [0, 0.1) is 26.7 Å². The van der Waals surface area contributed by atoms with Crippen LogP contribution in [0.4, 0.5) is 5.69 Å². The number of methoxy groups -OCH3 is 1. The number of aryl methyl sites for hydroxylation is 3. The Morgan fingerprint density at radius 3 is 1.98 bits per heavy atom. The predicted molar refractivity (Wildman–Crippen MR) is 187 cm³/mol. The van der Waals surface area contributed by atoms with E-state index in [0.29, 0.717) is 12.3 Å². The summed E-state index contributed by atoms with van der Waals surface area (Å²) in [6.07, 6.45) is 0.251. The van der Waals surface area contributed by atoms with Crippen LogP contribution in [-0.4, -0.2) is 51.4 Å². The number of nitrogens with one attached hydrogen (secondary N) is 1. The number of rotatable bonds is 14. The van der Waals surface area contributed by atoms with E-state index < -0.39 is 28.5 Å². The maximum atomic E-state index is 14.7. The summed E-state index contributed by atoms with van der Waals surface area (Å²) in [6, 6.07) is 28.1. The summed E-state index contributed by atoms with van der Waals surface area (Å²) < 4.78 is 35.4. The van der Waals surface area contributed by atoms with E-state index in [1.807, 2.05) is 95.3 Å². The number of carbonyl (C=O) groups is 2. The van der Waals surface area contributed by atoms with E-state index in [0.717, 1.165) is 32.1 Å². The molecule has 0 fully saturated rings. The van der Waals surface area contributed by atoms with Crippen LogP contribution in [0.1, 0.15) is 41.7 Å². The molecule has 0 bridgehead atoms. The van der Waals surface area contributed by atoms with E-state index in [1.165, 1.54) is 24.1 Å². The molecule has 1 N–H and O–H groups in total. The fraction of sp³-hybridized carbons (Fsp3) is 0.316. The largest absolute Gasteiger partial charge is 0.495 e. The number of amides is 2. The lowest BCUT2D eigenvalue weighted by Crippen LogP contribution is -2.53. The smallest absolute Gasteiger partial charge is 0.264 e. The molecule has 0 saturated carbocycles. The van der Waals surface area contributed by atoms with Crippen LogP contribution < -0.4 is 14.4 Å². The van der Waals surface area contributed by atoms with Crippen LogP contribution in [0.25, 0.3) is 0 Å². The summed E-state index contributed by atoms with van der Waals surface area (Å²) in [4.78, 5) is 30.2. The molecular formula is C38H45N3O5S. The second-order valence-electron chi connectivity index (χ2n) is 12.4. The Bertz CT molecular complexity index is 1760. The van der Waals surface area contributed by atoms with Crippen molar-refractivity contribution in [2.75, 3.05) is 24.5 Å². The Kier molecular flexibility index (Phi) is 11.8. The zero-order valence-corrected chi connectivity index (χ0v) is 28.9. The first-order valence-electron chi connectivity index (χ1n) is 15.8. The summed E-state index contributed by atoms with van der Waals surface area (Å²) in [6.45, 7) is 9.70. The maximum absolute atomic E-state index is 14.7. The molecule has 1 atom stereocenters. The second-order valence-corrected chi connectivity index (χ2v) is 14.2. The van der Waals surface area contributed by atoms with E-state index in [4.69, 9.17) is 4.74 Å². The highest BCUT2D eigenvalue weighted by Crippen LogP contribution is 2.34. The Morgan fingerprint density at radius 2 is 1.38 bits per heavy atom. The third-order valence-corrected chi connectivity index (χ3v) is 9.69. The Labute approximate surface area is 279 Å². The molecule has 0 heterocycles. The minimum Gasteiger partial charge on any atom is -0.495 e. The number of hydrogen-bond donors (Lipinski definition) is 1. The van der Waals surface area contributed by atoms with E-state index in [-0.39, 0.29) is 35.4 Å². The molecule has 0 aromatic heterocycles. The number of carbonyl (C=O) groups excluding carboxylic acids is 2. The number of benzene rings is 4. The van der Waals surface area contributed by atoms with Crippen LogP contribution in [0.5, 0.6) is 5.75 Å². The molecule has 8 nitrogen and oxygen atoms in total. The molecule has 0 aliphatic carbocycles. The van der Waals surface area contributed by atoms with E-state index >= 15 is 0 Å². The van der Waals surface area contributed by atoms with Gasteiger partial charge in [-0.3, -0.25) is 13.9 Å². The average Bonchev–Trinajstić information content (AvgIpc) is 3.05. The average molecular weight is 656 g/mol. The highest BCUT2D eigenvalue weighted by atomic mass is 32.2. The van der Waals surface area contributed by atoms with Gasteiger partial charge >= 0.3 is 0 Å². The van der Waals surface area contributed by atoms with Crippen molar-refractivity contribution in [2.24, 2.45) is 5.92 Å². The van der Waals surface area contributed by atoms with Gasteiger partial charge in [-0.2, -0.15) is 0 Å². The molecule has 0 aliphatic heterocycles. The molecule has 0 radical (unpaired) electrons. The van der Waals surface area contributed by atoms with E-state index in [9.17, 15) is 18.0 Å². The Balaban J connectivity index is 1.84. The van der Waals surface area contributed by atoms with Gasteiger partial charge in [-0.1, -0.05) is 97.8 Å². The molecule has 4 aromatic rings. The van der Waals surface area contributed by atoms with Crippen LogP contribution in [0.15, 0.2) is 102 Å². The van der Waals surface area contributed by atoms with Gasteiger partial charge in [0.05, 0.1) is 17.7 Å². The topological polar surface area (TPSA) is 96.0 Å². The summed E-state index contributed by atoms with van der Waals surface area (Å²) >= 11 is 0. The molecule has 0 saturated heterocycles. The van der Waals surface area contributed by atoms with E-state index in [1.54, 1.807) is 24.3 Å². The molecule has 248 valence electrons. The minimum atomic E-state index is -4.25. The zero-order chi connectivity index (χ0) is 34.1. The van der Waals surface area contributed by atoms with Gasteiger partial charge in [0.25, 0.3) is 10.0 Å². The number of sulfonamides is 1. The highest BCUT2D eigenvalue weighted by Gasteiger charge is 2.35. The quantitative estimate of drug-likeness (QED) is 0.174. The van der Waals surface area contributed by atoms with Gasteiger partial charge in [-0.25, -0.2) is 8.42 Å². The van der Waals surface area contributed by atoms with Crippen LogP contribution >= 0.6 is 0 Å². The Morgan fingerprint density at radius 1 is 0.787 bits per heavy atom. The van der Waals surface area contributed by atoms with Crippen molar-refractivity contribution in [1.82, 2.24) is 10.2 Å². The summed E-state index contributed by atoms with van der Waals surface area (Å²) in [5.74, 6) is -0.323. The third-order valence-electron chi connectivity index (χ3n) is 7.92. The van der Waals surface area contributed by atoms with Gasteiger partial charge in [0.1, 0.15) is 18.3 Å². The van der Waals surface area contributed by atoms with Crippen molar-refractivity contribution < 1.29 is 22.7 Å².